The van der Waals surface area contributed by atoms with Crippen LogP contribution in [-0.4, -0.2) is 28.7 Å². The molecule has 0 spiro atoms. The number of rotatable bonds is 0. The standard InChI is InChI=1S/C16H14ClNO4S/c1-18-12-5-3-2-4-10(12)16(17)11-8-13-14(22-7-6-21-13)9-15(11)23(18,19)20/h2-5,8-9,16H,6-7H2,1H3. The minimum absolute atomic E-state index is 0.153. The highest BCUT2D eigenvalue weighted by Gasteiger charge is 2.35. The van der Waals surface area contributed by atoms with Gasteiger partial charge in [-0.3, -0.25) is 4.31 Å². The second-order valence-corrected chi connectivity index (χ2v) is 7.80. The third-order valence-corrected chi connectivity index (χ3v) is 6.43. The quantitative estimate of drug-likeness (QED) is 0.685. The predicted molar refractivity (Wildman–Crippen MR) is 87.2 cm³/mol. The Hall–Kier alpha value is -1.92. The van der Waals surface area contributed by atoms with Crippen LogP contribution in [0.4, 0.5) is 5.69 Å². The van der Waals surface area contributed by atoms with Gasteiger partial charge in [-0.25, -0.2) is 8.42 Å². The largest absolute Gasteiger partial charge is 0.486 e. The molecule has 0 N–H and O–H groups in total. The highest BCUT2D eigenvalue weighted by atomic mass is 35.5. The number of benzene rings is 2. The van der Waals surface area contributed by atoms with Crippen molar-refractivity contribution in [3.05, 3.63) is 47.5 Å². The van der Waals surface area contributed by atoms with Crippen molar-refractivity contribution in [3.63, 3.8) is 0 Å². The lowest BCUT2D eigenvalue weighted by atomic mass is 10.0. The lowest BCUT2D eigenvalue weighted by Crippen LogP contribution is -2.26. The zero-order chi connectivity index (χ0) is 16.2. The summed E-state index contributed by atoms with van der Waals surface area (Å²) in [5, 5.41) is -0.586. The smallest absolute Gasteiger partial charge is 0.264 e. The van der Waals surface area contributed by atoms with Gasteiger partial charge in [-0.1, -0.05) is 18.2 Å². The van der Waals surface area contributed by atoms with E-state index in [0.29, 0.717) is 36.0 Å². The van der Waals surface area contributed by atoms with Crippen molar-refractivity contribution in [2.45, 2.75) is 10.3 Å². The Morgan fingerprint density at radius 2 is 1.74 bits per heavy atom. The minimum atomic E-state index is -3.72. The summed E-state index contributed by atoms with van der Waals surface area (Å²) in [4.78, 5) is 0.153. The lowest BCUT2D eigenvalue weighted by Gasteiger charge is -2.22. The van der Waals surface area contributed by atoms with Crippen LogP contribution >= 0.6 is 11.6 Å². The van der Waals surface area contributed by atoms with E-state index in [9.17, 15) is 8.42 Å². The number of ether oxygens (including phenoxy) is 2. The normalized spacial score (nSPS) is 21.1. The van der Waals surface area contributed by atoms with Crippen LogP contribution in [0, 0.1) is 0 Å². The SMILES string of the molecule is CN1c2ccccc2C(Cl)c2cc3c(cc2S1(=O)=O)OCCO3. The topological polar surface area (TPSA) is 55.8 Å². The van der Waals surface area contributed by atoms with Crippen LogP contribution < -0.4 is 13.8 Å². The number of hydrogen-bond donors (Lipinski definition) is 0. The molecular weight excluding hydrogens is 338 g/mol. The summed E-state index contributed by atoms with van der Waals surface area (Å²) in [5.74, 6) is 0.958. The summed E-state index contributed by atoms with van der Waals surface area (Å²) in [5.41, 5.74) is 1.83. The zero-order valence-electron chi connectivity index (χ0n) is 12.3. The van der Waals surface area contributed by atoms with Crippen molar-refractivity contribution < 1.29 is 17.9 Å². The molecule has 1 unspecified atom stereocenters. The molecule has 0 amide bonds. The first kappa shape index (κ1) is 14.7. The molecule has 7 heteroatoms. The third kappa shape index (κ3) is 2.09. The Balaban J connectivity index is 2.04. The Bertz CT molecular complexity index is 897. The molecule has 120 valence electrons. The van der Waals surface area contributed by atoms with E-state index in [1.165, 1.54) is 17.4 Å². The van der Waals surface area contributed by atoms with Crippen LogP contribution in [0.3, 0.4) is 0 Å². The number of para-hydroxylation sites is 1. The number of fused-ring (bicyclic) bond motifs is 3. The Morgan fingerprint density at radius 1 is 1.09 bits per heavy atom. The van der Waals surface area contributed by atoms with Crippen LogP contribution in [0.2, 0.25) is 0 Å². The van der Waals surface area contributed by atoms with E-state index in [1.54, 1.807) is 18.2 Å². The van der Waals surface area contributed by atoms with E-state index in [2.05, 4.69) is 0 Å². The molecule has 23 heavy (non-hydrogen) atoms. The summed E-state index contributed by atoms with van der Waals surface area (Å²) < 4.78 is 38.3. The molecule has 0 radical (unpaired) electrons. The number of hydrogen-bond acceptors (Lipinski definition) is 4. The van der Waals surface area contributed by atoms with E-state index in [-0.39, 0.29) is 4.90 Å². The molecule has 0 aromatic heterocycles. The molecule has 0 saturated carbocycles. The molecule has 4 rings (SSSR count). The van der Waals surface area contributed by atoms with Crippen molar-refractivity contribution in [2.75, 3.05) is 24.6 Å². The maximum Gasteiger partial charge on any atom is 0.264 e. The number of nitrogens with zero attached hydrogens (tertiary/aromatic N) is 1. The molecule has 1 atom stereocenters. The maximum absolute atomic E-state index is 13.0. The number of alkyl halides is 1. The molecule has 2 aromatic rings. The molecule has 5 nitrogen and oxygen atoms in total. The number of sulfonamides is 1. The van der Waals surface area contributed by atoms with Crippen LogP contribution in [0.1, 0.15) is 16.5 Å². The van der Waals surface area contributed by atoms with Gasteiger partial charge in [0.05, 0.1) is 16.0 Å². The fraction of sp³-hybridized carbons (Fsp3) is 0.250. The van der Waals surface area contributed by atoms with Crippen LogP contribution in [-0.2, 0) is 10.0 Å². The van der Waals surface area contributed by atoms with Crippen molar-refractivity contribution in [3.8, 4) is 11.5 Å². The van der Waals surface area contributed by atoms with Gasteiger partial charge in [0.2, 0.25) is 0 Å². The molecule has 0 saturated heterocycles. The van der Waals surface area contributed by atoms with Gasteiger partial charge in [-0.15, -0.1) is 11.6 Å². The molecule has 2 aliphatic rings. The van der Waals surface area contributed by atoms with Crippen molar-refractivity contribution in [2.24, 2.45) is 0 Å². The van der Waals surface area contributed by atoms with E-state index < -0.39 is 15.4 Å². The first-order valence-corrected chi connectivity index (χ1v) is 9.03. The van der Waals surface area contributed by atoms with Crippen molar-refractivity contribution in [1.29, 1.82) is 0 Å². The van der Waals surface area contributed by atoms with Gasteiger partial charge in [0.25, 0.3) is 10.0 Å². The monoisotopic (exact) mass is 351 g/mol. The van der Waals surface area contributed by atoms with Crippen molar-refractivity contribution >= 4 is 27.3 Å². The summed E-state index contributed by atoms with van der Waals surface area (Å²) >= 11 is 6.63. The van der Waals surface area contributed by atoms with Gasteiger partial charge >= 0.3 is 0 Å². The highest BCUT2D eigenvalue weighted by Crippen LogP contribution is 2.47. The number of anilines is 1. The average molecular weight is 352 g/mol. The second kappa shape index (κ2) is 5.04. The molecule has 2 aromatic carbocycles. The summed E-state index contributed by atoms with van der Waals surface area (Å²) in [7, 11) is -2.19. The lowest BCUT2D eigenvalue weighted by molar-refractivity contribution is 0.171. The van der Waals surface area contributed by atoms with Gasteiger partial charge in [0.15, 0.2) is 11.5 Å². The van der Waals surface area contributed by atoms with Gasteiger partial charge in [0, 0.05) is 13.1 Å². The van der Waals surface area contributed by atoms with Crippen LogP contribution in [0.25, 0.3) is 0 Å². The first-order chi connectivity index (χ1) is 11.0. The van der Waals surface area contributed by atoms with E-state index in [1.807, 2.05) is 12.1 Å². The molecule has 0 bridgehead atoms. The van der Waals surface area contributed by atoms with E-state index in [4.69, 9.17) is 21.1 Å². The Morgan fingerprint density at radius 3 is 2.48 bits per heavy atom. The minimum Gasteiger partial charge on any atom is -0.486 e. The summed E-state index contributed by atoms with van der Waals surface area (Å²) in [6.07, 6.45) is 0. The molecule has 2 aliphatic heterocycles. The van der Waals surface area contributed by atoms with E-state index in [0.717, 1.165) is 5.56 Å². The molecule has 2 heterocycles. The summed E-state index contributed by atoms with van der Waals surface area (Å²) in [6, 6.07) is 10.4. The average Bonchev–Trinajstić information content (AvgIpc) is 2.63. The fourth-order valence-corrected chi connectivity index (χ4v) is 4.82. The maximum atomic E-state index is 13.0. The predicted octanol–water partition coefficient (Wildman–Crippen LogP) is 2.92. The second-order valence-electron chi connectivity index (χ2n) is 5.43. The number of halogens is 1. The third-order valence-electron chi connectivity index (χ3n) is 4.14. The fourth-order valence-electron chi connectivity index (χ4n) is 2.94. The summed E-state index contributed by atoms with van der Waals surface area (Å²) in [6.45, 7) is 0.828. The Labute approximate surface area is 139 Å². The van der Waals surface area contributed by atoms with Crippen LogP contribution in [0.5, 0.6) is 11.5 Å². The van der Waals surface area contributed by atoms with Gasteiger partial charge < -0.3 is 9.47 Å². The Kier molecular flexibility index (Phi) is 3.21. The van der Waals surface area contributed by atoms with Gasteiger partial charge in [-0.2, -0.15) is 0 Å². The van der Waals surface area contributed by atoms with E-state index >= 15 is 0 Å². The molecule has 0 aliphatic carbocycles. The highest BCUT2D eigenvalue weighted by molar-refractivity contribution is 7.92. The zero-order valence-corrected chi connectivity index (χ0v) is 13.9. The van der Waals surface area contributed by atoms with Gasteiger partial charge in [-0.05, 0) is 23.3 Å². The molecule has 0 fully saturated rings. The molecular formula is C16H14ClNO4S. The first-order valence-electron chi connectivity index (χ1n) is 7.15. The van der Waals surface area contributed by atoms with Crippen LogP contribution in [0.15, 0.2) is 41.3 Å². The van der Waals surface area contributed by atoms with Crippen molar-refractivity contribution in [1.82, 2.24) is 0 Å². The van der Waals surface area contributed by atoms with Gasteiger partial charge in [0.1, 0.15) is 13.2 Å².